The second kappa shape index (κ2) is 8.24. The molecule has 0 aliphatic carbocycles. The molecular formula is C17H15BrN2O3. The first kappa shape index (κ1) is 16.9. The highest BCUT2D eigenvalue weighted by Crippen LogP contribution is 2.13. The van der Waals surface area contributed by atoms with Crippen LogP contribution in [-0.2, 0) is 4.79 Å². The first-order valence-electron chi connectivity index (χ1n) is 6.96. The number of benzene rings is 2. The summed E-state index contributed by atoms with van der Waals surface area (Å²) in [4.78, 5) is 22.8. The lowest BCUT2D eigenvalue weighted by Crippen LogP contribution is -2.20. The number of nitrogens with one attached hydrogen (secondary N) is 1. The van der Waals surface area contributed by atoms with Crippen molar-refractivity contribution >= 4 is 33.5 Å². The largest absolute Gasteiger partial charge is 0.481 e. The van der Waals surface area contributed by atoms with Gasteiger partial charge < -0.3 is 5.11 Å². The zero-order valence-corrected chi connectivity index (χ0v) is 13.8. The van der Waals surface area contributed by atoms with Crippen molar-refractivity contribution in [3.05, 3.63) is 70.2 Å². The predicted octanol–water partition coefficient (Wildman–Crippen LogP) is 3.45. The summed E-state index contributed by atoms with van der Waals surface area (Å²) >= 11 is 3.35. The number of hydrogen-bond donors (Lipinski definition) is 2. The summed E-state index contributed by atoms with van der Waals surface area (Å²) in [5.41, 5.74) is 4.25. The van der Waals surface area contributed by atoms with Gasteiger partial charge in [-0.1, -0.05) is 46.3 Å². The number of carbonyl (C=O) groups is 2. The molecule has 0 saturated heterocycles. The molecule has 2 aromatic carbocycles. The highest BCUT2D eigenvalue weighted by molar-refractivity contribution is 9.10. The number of rotatable bonds is 6. The molecule has 0 heterocycles. The maximum atomic E-state index is 12.0. The molecule has 0 atom stereocenters. The summed E-state index contributed by atoms with van der Waals surface area (Å²) in [7, 11) is 0. The first-order valence-corrected chi connectivity index (χ1v) is 7.75. The van der Waals surface area contributed by atoms with Crippen LogP contribution in [0.5, 0.6) is 0 Å². The van der Waals surface area contributed by atoms with Crippen molar-refractivity contribution in [1.29, 1.82) is 0 Å². The number of hydrazone groups is 1. The lowest BCUT2D eigenvalue weighted by molar-refractivity contribution is -0.136. The highest BCUT2D eigenvalue weighted by Gasteiger charge is 2.09. The molecule has 0 fully saturated rings. The van der Waals surface area contributed by atoms with Gasteiger partial charge in [0.05, 0.1) is 12.1 Å². The second-order valence-electron chi connectivity index (χ2n) is 4.77. The summed E-state index contributed by atoms with van der Waals surface area (Å²) in [5, 5.41) is 13.0. The topological polar surface area (TPSA) is 78.8 Å². The normalized spacial score (nSPS) is 11.1. The van der Waals surface area contributed by atoms with Gasteiger partial charge in [0, 0.05) is 16.5 Å². The fourth-order valence-electron chi connectivity index (χ4n) is 1.90. The van der Waals surface area contributed by atoms with Crippen LogP contribution >= 0.6 is 15.9 Å². The van der Waals surface area contributed by atoms with Gasteiger partial charge in [-0.05, 0) is 29.8 Å². The van der Waals surface area contributed by atoms with Crippen molar-refractivity contribution < 1.29 is 14.7 Å². The molecule has 118 valence electrons. The Kier molecular flexibility index (Phi) is 6.05. The number of nitrogens with zero attached hydrogens (tertiary/aromatic N) is 1. The van der Waals surface area contributed by atoms with Gasteiger partial charge in [0.15, 0.2) is 0 Å². The van der Waals surface area contributed by atoms with E-state index in [2.05, 4.69) is 26.5 Å². The molecule has 0 saturated carbocycles. The summed E-state index contributed by atoms with van der Waals surface area (Å²) in [6.07, 6.45) is 0.169. The molecule has 0 aliphatic heterocycles. The highest BCUT2D eigenvalue weighted by atomic mass is 79.9. The number of hydrogen-bond acceptors (Lipinski definition) is 3. The Morgan fingerprint density at radius 1 is 0.957 bits per heavy atom. The molecular weight excluding hydrogens is 360 g/mol. The van der Waals surface area contributed by atoms with E-state index in [1.54, 1.807) is 24.3 Å². The smallest absolute Gasteiger partial charge is 0.303 e. The lowest BCUT2D eigenvalue weighted by Gasteiger charge is -2.07. The fourth-order valence-corrected chi connectivity index (χ4v) is 2.17. The molecule has 0 radical (unpaired) electrons. The molecule has 5 nitrogen and oxygen atoms in total. The van der Waals surface area contributed by atoms with Gasteiger partial charge >= 0.3 is 5.97 Å². The Hall–Kier alpha value is -2.47. The van der Waals surface area contributed by atoms with Gasteiger partial charge in [0.1, 0.15) is 0 Å². The van der Waals surface area contributed by atoms with E-state index in [1.807, 2.05) is 30.3 Å². The third-order valence-electron chi connectivity index (χ3n) is 3.08. The number of carbonyl (C=O) groups excluding carboxylic acids is 1. The van der Waals surface area contributed by atoms with Crippen LogP contribution < -0.4 is 5.43 Å². The molecule has 0 aliphatic rings. The number of carboxylic acids is 1. The average molecular weight is 375 g/mol. The van der Waals surface area contributed by atoms with Crippen LogP contribution in [0.15, 0.2) is 64.2 Å². The van der Waals surface area contributed by atoms with Crippen LogP contribution in [0.2, 0.25) is 0 Å². The SMILES string of the molecule is O=C(O)CC/C(=N/NC(=O)c1ccccc1)c1ccc(Br)cc1. The van der Waals surface area contributed by atoms with Crippen LogP contribution in [0.3, 0.4) is 0 Å². The predicted molar refractivity (Wildman–Crippen MR) is 91.5 cm³/mol. The van der Waals surface area contributed by atoms with E-state index < -0.39 is 5.97 Å². The molecule has 0 unspecified atom stereocenters. The summed E-state index contributed by atoms with van der Waals surface area (Å²) in [6, 6.07) is 16.0. The number of amides is 1. The van der Waals surface area contributed by atoms with E-state index in [1.165, 1.54) is 0 Å². The summed E-state index contributed by atoms with van der Waals surface area (Å²) in [5.74, 6) is -1.25. The molecule has 2 rings (SSSR count). The molecule has 6 heteroatoms. The van der Waals surface area contributed by atoms with E-state index >= 15 is 0 Å². The Bertz CT molecular complexity index is 712. The average Bonchev–Trinajstić information content (AvgIpc) is 2.56. The number of aliphatic carboxylic acids is 1. The Balaban J connectivity index is 2.17. The molecule has 2 aromatic rings. The van der Waals surface area contributed by atoms with Gasteiger partial charge in [-0.25, -0.2) is 5.43 Å². The van der Waals surface area contributed by atoms with Crippen molar-refractivity contribution in [3.63, 3.8) is 0 Å². The van der Waals surface area contributed by atoms with Crippen molar-refractivity contribution in [3.8, 4) is 0 Å². The monoisotopic (exact) mass is 374 g/mol. The minimum atomic E-state index is -0.913. The van der Waals surface area contributed by atoms with Gasteiger partial charge in [0.2, 0.25) is 0 Å². The van der Waals surface area contributed by atoms with E-state index in [0.717, 1.165) is 10.0 Å². The standard InChI is InChI=1S/C17H15BrN2O3/c18-14-8-6-12(7-9-14)15(10-11-16(21)22)19-20-17(23)13-4-2-1-3-5-13/h1-9H,10-11H2,(H,20,23)(H,21,22)/b19-15-. The first-order chi connectivity index (χ1) is 11.1. The zero-order valence-electron chi connectivity index (χ0n) is 12.2. The minimum absolute atomic E-state index is 0.0594. The lowest BCUT2D eigenvalue weighted by atomic mass is 10.1. The molecule has 2 N–H and O–H groups in total. The maximum Gasteiger partial charge on any atom is 0.303 e. The van der Waals surface area contributed by atoms with E-state index in [-0.39, 0.29) is 18.7 Å². The van der Waals surface area contributed by atoms with Crippen LogP contribution in [0.1, 0.15) is 28.8 Å². The number of carboxylic acid groups (broad SMARTS) is 1. The second-order valence-corrected chi connectivity index (χ2v) is 5.68. The fraction of sp³-hybridized carbons (Fsp3) is 0.118. The van der Waals surface area contributed by atoms with Crippen LogP contribution in [0, 0.1) is 0 Å². The van der Waals surface area contributed by atoms with Gasteiger partial charge in [-0.15, -0.1) is 0 Å². The Labute approximate surface area is 142 Å². The minimum Gasteiger partial charge on any atom is -0.481 e. The van der Waals surface area contributed by atoms with Gasteiger partial charge in [-0.2, -0.15) is 5.10 Å². The zero-order chi connectivity index (χ0) is 16.7. The molecule has 23 heavy (non-hydrogen) atoms. The molecule has 1 amide bonds. The van der Waals surface area contributed by atoms with Gasteiger partial charge in [-0.3, -0.25) is 9.59 Å². The third kappa shape index (κ3) is 5.34. The summed E-state index contributed by atoms with van der Waals surface area (Å²) < 4.78 is 0.909. The third-order valence-corrected chi connectivity index (χ3v) is 3.61. The molecule has 0 bridgehead atoms. The maximum absolute atomic E-state index is 12.0. The van der Waals surface area contributed by atoms with Crippen LogP contribution in [0.4, 0.5) is 0 Å². The number of halogens is 1. The van der Waals surface area contributed by atoms with Crippen molar-refractivity contribution in [1.82, 2.24) is 5.43 Å². The van der Waals surface area contributed by atoms with Crippen molar-refractivity contribution in [2.24, 2.45) is 5.10 Å². The summed E-state index contributed by atoms with van der Waals surface area (Å²) in [6.45, 7) is 0. The quantitative estimate of drug-likeness (QED) is 0.600. The Morgan fingerprint density at radius 2 is 1.61 bits per heavy atom. The van der Waals surface area contributed by atoms with Crippen molar-refractivity contribution in [2.45, 2.75) is 12.8 Å². The molecule has 0 spiro atoms. The molecule has 0 aromatic heterocycles. The van der Waals surface area contributed by atoms with Crippen LogP contribution in [0.25, 0.3) is 0 Å². The Morgan fingerprint density at radius 3 is 2.22 bits per heavy atom. The van der Waals surface area contributed by atoms with Crippen molar-refractivity contribution in [2.75, 3.05) is 0 Å². The van der Waals surface area contributed by atoms with E-state index in [0.29, 0.717) is 11.3 Å². The van der Waals surface area contributed by atoms with Gasteiger partial charge in [0.25, 0.3) is 5.91 Å². The van der Waals surface area contributed by atoms with E-state index in [4.69, 9.17) is 5.11 Å². The van der Waals surface area contributed by atoms with E-state index in [9.17, 15) is 9.59 Å². The van der Waals surface area contributed by atoms with Crippen LogP contribution in [-0.4, -0.2) is 22.7 Å².